The number of piperazine rings is 2. The molecule has 2 aromatic carbocycles. The maximum atomic E-state index is 12.9. The van der Waals surface area contributed by atoms with E-state index in [2.05, 4.69) is 30.4 Å². The van der Waals surface area contributed by atoms with Gasteiger partial charge < -0.3 is 20.4 Å². The van der Waals surface area contributed by atoms with Crippen LogP contribution in [0.15, 0.2) is 59.3 Å². The molecule has 2 N–H and O–H groups in total. The van der Waals surface area contributed by atoms with Gasteiger partial charge in [-0.15, -0.1) is 35.1 Å². The molecule has 2 saturated heterocycles. The summed E-state index contributed by atoms with van der Waals surface area (Å²) >= 11 is 3.30. The summed E-state index contributed by atoms with van der Waals surface area (Å²) in [5.41, 5.74) is 3.78. The second-order valence-electron chi connectivity index (χ2n) is 8.52. The molecule has 2 aliphatic rings. The van der Waals surface area contributed by atoms with Gasteiger partial charge in [0.25, 0.3) is 0 Å². The first-order valence-electron chi connectivity index (χ1n) is 12.0. The number of benzene rings is 2. The average molecular weight is 563 g/mol. The van der Waals surface area contributed by atoms with Gasteiger partial charge in [-0.05, 0) is 48.5 Å². The van der Waals surface area contributed by atoms with Crippen LogP contribution in [0.25, 0.3) is 22.5 Å². The number of halogens is 3. The fraction of sp³-hybridized carbons (Fsp3) is 0.308. The van der Waals surface area contributed by atoms with E-state index in [9.17, 15) is 8.78 Å². The summed E-state index contributed by atoms with van der Waals surface area (Å²) in [4.78, 5) is 13.8. The molecule has 2 aliphatic heterocycles. The molecule has 0 aliphatic carbocycles. The molecule has 11 heteroatoms. The quantitative estimate of drug-likeness (QED) is 0.359. The topological polar surface area (TPSA) is 56.3 Å². The molecule has 4 heterocycles. The fourth-order valence-electron chi connectivity index (χ4n) is 4.04. The van der Waals surface area contributed by atoms with Gasteiger partial charge >= 0.3 is 0 Å². The molecule has 37 heavy (non-hydrogen) atoms. The molecule has 6 nitrogen and oxygen atoms in total. The van der Waals surface area contributed by atoms with Gasteiger partial charge in [0.2, 0.25) is 0 Å². The summed E-state index contributed by atoms with van der Waals surface area (Å²) in [6.45, 7) is 8.01. The SMILES string of the molecule is Cl.Fc1ccc(-c2csc(N3CCNCC3)n2)cc1.Fc1ccc(-c2csc(N3CCNCC3)n2)cc1. The number of hydrogen-bond donors (Lipinski definition) is 2. The Morgan fingerprint density at radius 2 is 0.946 bits per heavy atom. The zero-order valence-corrected chi connectivity index (χ0v) is 22.6. The Morgan fingerprint density at radius 1 is 0.595 bits per heavy atom. The predicted molar refractivity (Wildman–Crippen MR) is 152 cm³/mol. The largest absolute Gasteiger partial charge is 0.346 e. The third-order valence-corrected chi connectivity index (χ3v) is 7.84. The van der Waals surface area contributed by atoms with Gasteiger partial charge in [-0.2, -0.15) is 0 Å². The normalized spacial score (nSPS) is 15.5. The van der Waals surface area contributed by atoms with Gasteiger partial charge in [0.15, 0.2) is 10.3 Å². The number of thiazole rings is 2. The Bertz CT molecular complexity index is 1140. The van der Waals surface area contributed by atoms with Crippen LogP contribution in [0.3, 0.4) is 0 Å². The molecule has 0 radical (unpaired) electrons. The van der Waals surface area contributed by atoms with E-state index in [1.54, 1.807) is 46.9 Å². The molecule has 0 atom stereocenters. The molecule has 0 unspecified atom stereocenters. The van der Waals surface area contributed by atoms with Crippen molar-refractivity contribution < 1.29 is 8.78 Å². The molecule has 2 aromatic heterocycles. The number of nitrogens with one attached hydrogen (secondary N) is 2. The Kier molecular flexibility index (Phi) is 9.81. The van der Waals surface area contributed by atoms with Crippen LogP contribution in [-0.2, 0) is 0 Å². The van der Waals surface area contributed by atoms with Crippen molar-refractivity contribution in [2.24, 2.45) is 0 Å². The van der Waals surface area contributed by atoms with Crippen molar-refractivity contribution in [3.05, 3.63) is 70.9 Å². The maximum absolute atomic E-state index is 12.9. The first-order chi connectivity index (χ1) is 17.7. The van der Waals surface area contributed by atoms with Crippen molar-refractivity contribution in [3.63, 3.8) is 0 Å². The lowest BCUT2D eigenvalue weighted by molar-refractivity contribution is 0.588. The van der Waals surface area contributed by atoms with Crippen molar-refractivity contribution in [2.45, 2.75) is 0 Å². The van der Waals surface area contributed by atoms with E-state index in [0.29, 0.717) is 0 Å². The van der Waals surface area contributed by atoms with Gasteiger partial charge in [-0.1, -0.05) is 0 Å². The van der Waals surface area contributed by atoms with Crippen LogP contribution >= 0.6 is 35.1 Å². The summed E-state index contributed by atoms with van der Waals surface area (Å²) in [7, 11) is 0. The van der Waals surface area contributed by atoms with E-state index in [4.69, 9.17) is 0 Å². The first-order valence-corrected chi connectivity index (χ1v) is 13.8. The van der Waals surface area contributed by atoms with Gasteiger partial charge in [0, 0.05) is 74.2 Å². The van der Waals surface area contributed by atoms with E-state index in [1.807, 2.05) is 10.8 Å². The van der Waals surface area contributed by atoms with E-state index >= 15 is 0 Å². The fourth-order valence-corrected chi connectivity index (χ4v) is 5.81. The van der Waals surface area contributed by atoms with Crippen molar-refractivity contribution in [1.82, 2.24) is 20.6 Å². The number of aromatic nitrogens is 2. The number of anilines is 2. The number of nitrogens with zero attached hydrogens (tertiary/aromatic N) is 4. The first kappa shape index (κ1) is 27.4. The lowest BCUT2D eigenvalue weighted by Gasteiger charge is -2.26. The molecule has 2 fully saturated rings. The third-order valence-electron chi connectivity index (χ3n) is 6.04. The lowest BCUT2D eigenvalue weighted by Crippen LogP contribution is -2.43. The predicted octanol–water partition coefficient (Wildman–Crippen LogP) is 5.14. The highest BCUT2D eigenvalue weighted by Crippen LogP contribution is 2.28. The molecule has 0 amide bonds. The van der Waals surface area contributed by atoms with Crippen molar-refractivity contribution >= 4 is 45.3 Å². The minimum absolute atomic E-state index is 0. The minimum atomic E-state index is -0.212. The monoisotopic (exact) mass is 562 g/mol. The van der Waals surface area contributed by atoms with Crippen LogP contribution in [0, 0.1) is 11.6 Å². The summed E-state index contributed by atoms with van der Waals surface area (Å²) in [5, 5.41) is 12.8. The Labute approximate surface area is 229 Å². The van der Waals surface area contributed by atoms with E-state index in [1.165, 1.54) is 24.3 Å². The van der Waals surface area contributed by atoms with E-state index in [-0.39, 0.29) is 24.0 Å². The van der Waals surface area contributed by atoms with Gasteiger partial charge in [-0.3, -0.25) is 0 Å². The van der Waals surface area contributed by atoms with Crippen LogP contribution in [0.5, 0.6) is 0 Å². The molecule has 6 rings (SSSR count). The lowest BCUT2D eigenvalue weighted by atomic mass is 10.2. The summed E-state index contributed by atoms with van der Waals surface area (Å²) in [6, 6.07) is 13.0. The van der Waals surface area contributed by atoms with Crippen LogP contribution in [-0.4, -0.2) is 62.3 Å². The molecule has 4 aromatic rings. The maximum Gasteiger partial charge on any atom is 0.185 e. The summed E-state index contributed by atoms with van der Waals surface area (Å²) < 4.78 is 25.7. The van der Waals surface area contributed by atoms with Crippen LogP contribution < -0.4 is 20.4 Å². The summed E-state index contributed by atoms with van der Waals surface area (Å²) in [6.07, 6.45) is 0. The highest BCUT2D eigenvalue weighted by molar-refractivity contribution is 7.14. The second-order valence-corrected chi connectivity index (χ2v) is 10.2. The molecule has 0 bridgehead atoms. The van der Waals surface area contributed by atoms with Gasteiger partial charge in [0.05, 0.1) is 11.4 Å². The smallest absolute Gasteiger partial charge is 0.185 e. The average Bonchev–Trinajstić information content (AvgIpc) is 3.62. The van der Waals surface area contributed by atoms with Crippen LogP contribution in [0.2, 0.25) is 0 Å². The standard InChI is InChI=1S/2C13H14FN3S.ClH/c2*14-11-3-1-10(2-4-11)12-9-18-13(16-12)17-7-5-15-6-8-17;/h2*1-4,9,15H,5-8H2;1H. The zero-order valence-electron chi connectivity index (χ0n) is 20.2. The Balaban J connectivity index is 0.000000168. The Hall–Kier alpha value is -2.63. The van der Waals surface area contributed by atoms with E-state index in [0.717, 1.165) is 85.1 Å². The minimum Gasteiger partial charge on any atom is -0.346 e. The van der Waals surface area contributed by atoms with Crippen molar-refractivity contribution in [2.75, 3.05) is 62.2 Å². The highest BCUT2D eigenvalue weighted by Gasteiger charge is 2.15. The zero-order chi connectivity index (χ0) is 24.7. The van der Waals surface area contributed by atoms with Crippen LogP contribution in [0.1, 0.15) is 0 Å². The van der Waals surface area contributed by atoms with Gasteiger partial charge in [-0.25, -0.2) is 18.7 Å². The van der Waals surface area contributed by atoms with Gasteiger partial charge in [0.1, 0.15) is 11.6 Å². The molecular formula is C26H29ClF2N6S2. The second kappa shape index (κ2) is 13.3. The van der Waals surface area contributed by atoms with Crippen LogP contribution in [0.4, 0.5) is 19.0 Å². The van der Waals surface area contributed by atoms with Crippen molar-refractivity contribution in [3.8, 4) is 22.5 Å². The molecule has 0 spiro atoms. The molecule has 0 saturated carbocycles. The number of hydrogen-bond acceptors (Lipinski definition) is 8. The third kappa shape index (κ3) is 7.24. The number of rotatable bonds is 4. The molecule has 196 valence electrons. The summed E-state index contributed by atoms with van der Waals surface area (Å²) in [5.74, 6) is -0.424. The van der Waals surface area contributed by atoms with Crippen molar-refractivity contribution in [1.29, 1.82) is 0 Å². The Morgan fingerprint density at radius 3 is 1.30 bits per heavy atom. The highest BCUT2D eigenvalue weighted by atomic mass is 35.5. The molecular weight excluding hydrogens is 534 g/mol. The van der Waals surface area contributed by atoms with E-state index < -0.39 is 0 Å².